The summed E-state index contributed by atoms with van der Waals surface area (Å²) < 4.78 is 0. The maximum atomic E-state index is 8.45. The standard InChI is InChI=1S/C9H9N.C6H6.C3H4N2.C3H8.4C2H6/c1-2-8-3-5-9(7-10)6-4-8;1-2-4-6-5-3-1;1-2-5-3-4-1;1-3-2;4*1-2/h3-6H,2H2,1H3;1-6H;1-3H,(H,4,5);3H2,1-2H3;4*1-2H3. The second kappa shape index (κ2) is 46.4. The summed E-state index contributed by atoms with van der Waals surface area (Å²) in [5.41, 5.74) is 2.01. The van der Waals surface area contributed by atoms with Crippen molar-refractivity contribution in [3.05, 3.63) is 90.5 Å². The molecule has 3 nitrogen and oxygen atoms in total. The van der Waals surface area contributed by atoms with E-state index in [1.54, 1.807) is 18.7 Å². The van der Waals surface area contributed by atoms with Crippen LogP contribution in [0, 0.1) is 11.3 Å². The third-order valence-corrected chi connectivity index (χ3v) is 2.56. The van der Waals surface area contributed by atoms with Gasteiger partial charge in [0.05, 0.1) is 18.0 Å². The number of benzene rings is 2. The summed E-state index contributed by atoms with van der Waals surface area (Å²) in [5, 5.41) is 8.45. The molecule has 0 fully saturated rings. The second-order valence-corrected chi connectivity index (χ2v) is 4.78. The number of imidazole rings is 1. The number of aromatic amines is 1. The van der Waals surface area contributed by atoms with Crippen LogP contribution < -0.4 is 0 Å². The molecule has 0 bridgehead atoms. The lowest BCUT2D eigenvalue weighted by Crippen LogP contribution is -1.78. The van der Waals surface area contributed by atoms with Crippen LogP contribution in [0.2, 0.25) is 0 Å². The van der Waals surface area contributed by atoms with E-state index in [1.807, 2.05) is 116 Å². The fourth-order valence-electron chi connectivity index (χ4n) is 1.42. The van der Waals surface area contributed by atoms with Crippen molar-refractivity contribution in [2.75, 3.05) is 0 Å². The van der Waals surface area contributed by atoms with Crippen molar-refractivity contribution in [1.82, 2.24) is 9.97 Å². The average Bonchev–Trinajstić information content (AvgIpc) is 3.51. The molecule has 0 aliphatic rings. The number of nitriles is 1. The van der Waals surface area contributed by atoms with E-state index in [-0.39, 0.29) is 0 Å². The van der Waals surface area contributed by atoms with Gasteiger partial charge in [0, 0.05) is 12.4 Å². The first-order chi connectivity index (χ1) is 15.8. The fraction of sp³-hybridized carbons (Fsp3) is 0.448. The van der Waals surface area contributed by atoms with Crippen molar-refractivity contribution in [1.29, 1.82) is 5.26 Å². The van der Waals surface area contributed by atoms with Crippen LogP contribution in [0.1, 0.15) is 93.7 Å². The fourth-order valence-corrected chi connectivity index (χ4v) is 1.42. The first-order valence-electron chi connectivity index (χ1n) is 12.2. The van der Waals surface area contributed by atoms with Crippen LogP contribution in [-0.4, -0.2) is 9.97 Å². The molecule has 1 heterocycles. The van der Waals surface area contributed by atoms with Gasteiger partial charge in [-0.1, -0.05) is 131 Å². The number of nitrogens with zero attached hydrogens (tertiary/aromatic N) is 2. The quantitative estimate of drug-likeness (QED) is 0.408. The van der Waals surface area contributed by atoms with E-state index in [9.17, 15) is 0 Å². The molecule has 0 atom stereocenters. The Hall–Kier alpha value is -2.86. The maximum Gasteiger partial charge on any atom is 0.0991 e. The van der Waals surface area contributed by atoms with Gasteiger partial charge >= 0.3 is 0 Å². The molecule has 0 aliphatic carbocycles. The van der Waals surface area contributed by atoms with Crippen LogP contribution in [0.3, 0.4) is 0 Å². The molecule has 0 saturated heterocycles. The maximum absolute atomic E-state index is 8.45. The molecule has 0 radical (unpaired) electrons. The Bertz CT molecular complexity index is 566. The smallest absolute Gasteiger partial charge is 0.0991 e. The molecule has 1 aromatic heterocycles. The van der Waals surface area contributed by atoms with Gasteiger partial charge in [0.15, 0.2) is 0 Å². The summed E-state index contributed by atoms with van der Waals surface area (Å²) in [7, 11) is 0. The van der Waals surface area contributed by atoms with Crippen LogP contribution in [0.25, 0.3) is 0 Å². The minimum Gasteiger partial charge on any atom is -0.351 e. The molecule has 0 amide bonds. The molecule has 0 unspecified atom stereocenters. The van der Waals surface area contributed by atoms with Crippen molar-refractivity contribution < 1.29 is 0 Å². The summed E-state index contributed by atoms with van der Waals surface area (Å²) in [4.78, 5) is 6.42. The van der Waals surface area contributed by atoms with Gasteiger partial charge in [-0.15, -0.1) is 0 Å². The molecule has 3 heteroatoms. The van der Waals surface area contributed by atoms with E-state index in [4.69, 9.17) is 5.26 Å². The van der Waals surface area contributed by atoms with Gasteiger partial charge in [0.25, 0.3) is 0 Å². The zero-order chi connectivity index (χ0) is 25.9. The number of nitrogens with one attached hydrogen (secondary N) is 1. The predicted octanol–water partition coefficient (Wildman–Crippen LogP) is 9.74. The molecule has 0 aliphatic heterocycles. The Kier molecular flexibility index (Phi) is 57.4. The lowest BCUT2D eigenvalue weighted by molar-refractivity contribution is 1.09. The molecule has 1 N–H and O–H groups in total. The van der Waals surface area contributed by atoms with Crippen molar-refractivity contribution in [3.63, 3.8) is 0 Å². The van der Waals surface area contributed by atoms with Crippen LogP contribution in [0.5, 0.6) is 0 Å². The van der Waals surface area contributed by atoms with Gasteiger partial charge in [0.2, 0.25) is 0 Å². The van der Waals surface area contributed by atoms with Gasteiger partial charge in [-0.2, -0.15) is 5.26 Å². The van der Waals surface area contributed by atoms with Gasteiger partial charge in [-0.05, 0) is 24.1 Å². The lowest BCUT2D eigenvalue weighted by Gasteiger charge is -1.92. The van der Waals surface area contributed by atoms with E-state index >= 15 is 0 Å². The Labute approximate surface area is 201 Å². The zero-order valence-corrected chi connectivity index (χ0v) is 22.8. The van der Waals surface area contributed by atoms with Crippen LogP contribution >= 0.6 is 0 Å². The molecule has 0 spiro atoms. The number of rotatable bonds is 1. The summed E-state index contributed by atoms with van der Waals surface area (Å²) in [6.07, 6.45) is 7.37. The summed E-state index contributed by atoms with van der Waals surface area (Å²) in [5.74, 6) is 0. The van der Waals surface area contributed by atoms with Gasteiger partial charge in [-0.25, -0.2) is 4.98 Å². The molecular formula is C29H51N3. The third kappa shape index (κ3) is 37.8. The van der Waals surface area contributed by atoms with Crippen LogP contribution in [0.4, 0.5) is 0 Å². The van der Waals surface area contributed by atoms with Crippen LogP contribution in [-0.2, 0) is 6.42 Å². The van der Waals surface area contributed by atoms with Crippen molar-refractivity contribution in [2.24, 2.45) is 0 Å². The van der Waals surface area contributed by atoms with Gasteiger partial charge < -0.3 is 4.98 Å². The van der Waals surface area contributed by atoms with E-state index in [1.165, 1.54) is 12.0 Å². The molecule has 182 valence electrons. The SMILES string of the molecule is CC.CC.CC.CC.CCC.CCc1ccc(C#N)cc1.c1c[nH]cn1.c1ccccc1. The normalized spacial score (nSPS) is 6.81. The molecule has 2 aromatic carbocycles. The number of H-pyrrole nitrogens is 1. The monoisotopic (exact) mass is 441 g/mol. The van der Waals surface area contributed by atoms with Gasteiger partial charge in [0.1, 0.15) is 0 Å². The van der Waals surface area contributed by atoms with E-state index < -0.39 is 0 Å². The molecule has 3 aromatic rings. The van der Waals surface area contributed by atoms with Crippen LogP contribution in [0.15, 0.2) is 79.4 Å². The molecule has 32 heavy (non-hydrogen) atoms. The Morgan fingerprint density at radius 3 is 1.28 bits per heavy atom. The number of aryl methyl sites for hydroxylation is 1. The highest BCUT2D eigenvalue weighted by molar-refractivity contribution is 5.31. The minimum atomic E-state index is 0.734. The number of aromatic nitrogens is 2. The lowest BCUT2D eigenvalue weighted by atomic mass is 10.1. The first-order valence-corrected chi connectivity index (χ1v) is 12.2. The van der Waals surface area contributed by atoms with Crippen molar-refractivity contribution >= 4 is 0 Å². The molecule has 3 rings (SSSR count). The summed E-state index contributed by atoms with van der Waals surface area (Å²) in [6, 6.07) is 21.7. The van der Waals surface area contributed by atoms with Crippen molar-refractivity contribution in [3.8, 4) is 6.07 Å². The van der Waals surface area contributed by atoms with Crippen molar-refractivity contribution in [2.45, 2.75) is 89.0 Å². The zero-order valence-electron chi connectivity index (χ0n) is 22.8. The summed E-state index contributed by atoms with van der Waals surface area (Å²) >= 11 is 0. The van der Waals surface area contributed by atoms with E-state index in [2.05, 4.69) is 36.8 Å². The Morgan fingerprint density at radius 1 is 0.719 bits per heavy atom. The highest BCUT2D eigenvalue weighted by atomic mass is 14.8. The van der Waals surface area contributed by atoms with Gasteiger partial charge in [-0.3, -0.25) is 0 Å². The highest BCUT2D eigenvalue weighted by Crippen LogP contribution is 2.02. The molecule has 0 saturated carbocycles. The number of hydrogen-bond donors (Lipinski definition) is 1. The molecular weight excluding hydrogens is 390 g/mol. The minimum absolute atomic E-state index is 0.734. The summed E-state index contributed by atoms with van der Waals surface area (Å²) in [6.45, 7) is 22.3. The van der Waals surface area contributed by atoms with E-state index in [0.717, 1.165) is 12.0 Å². The third-order valence-electron chi connectivity index (χ3n) is 2.56. The average molecular weight is 442 g/mol. The predicted molar refractivity (Wildman–Crippen MR) is 147 cm³/mol. The largest absolute Gasteiger partial charge is 0.351 e. The topological polar surface area (TPSA) is 52.5 Å². The Morgan fingerprint density at radius 2 is 1.09 bits per heavy atom. The number of hydrogen-bond acceptors (Lipinski definition) is 2. The van der Waals surface area contributed by atoms with E-state index in [0.29, 0.717) is 0 Å². The highest BCUT2D eigenvalue weighted by Gasteiger charge is 1.88. The first kappa shape index (κ1) is 39.6. The Balaban J connectivity index is -0.0000000966. The second-order valence-electron chi connectivity index (χ2n) is 4.78.